The van der Waals surface area contributed by atoms with Crippen LogP contribution < -0.4 is 0 Å². The molecule has 0 aromatic rings. The van der Waals surface area contributed by atoms with E-state index in [0.717, 1.165) is 45.3 Å². The van der Waals surface area contributed by atoms with Gasteiger partial charge in [-0.05, 0) is 65.5 Å². The third kappa shape index (κ3) is 25.8. The molecule has 0 bridgehead atoms. The Kier molecular flexibility index (Phi) is 27.3. The summed E-state index contributed by atoms with van der Waals surface area (Å²) in [5, 5.41) is 0. The van der Waals surface area contributed by atoms with E-state index in [4.69, 9.17) is 4.74 Å². The van der Waals surface area contributed by atoms with Crippen molar-refractivity contribution in [3.63, 3.8) is 0 Å². The molecule has 0 aliphatic rings. The summed E-state index contributed by atoms with van der Waals surface area (Å²) in [6.07, 6.45) is 32.6. The Morgan fingerprint density at radius 3 is 1.61 bits per heavy atom. The number of carbonyl (C=O) groups is 1. The van der Waals surface area contributed by atoms with Crippen molar-refractivity contribution in [1.29, 1.82) is 0 Å². The first-order valence-corrected chi connectivity index (χ1v) is 15.5. The molecule has 4 nitrogen and oxygen atoms in total. The summed E-state index contributed by atoms with van der Waals surface area (Å²) in [6, 6.07) is 0. The molecular weight excluding hydrogens is 444 g/mol. The van der Waals surface area contributed by atoms with Gasteiger partial charge in [-0.3, -0.25) is 0 Å². The molecule has 0 saturated heterocycles. The van der Waals surface area contributed by atoms with E-state index in [1.165, 1.54) is 96.3 Å². The zero-order valence-corrected chi connectivity index (χ0v) is 24.8. The molecule has 0 aliphatic heterocycles. The maximum Gasteiger partial charge on any atom is 0.409 e. The van der Waals surface area contributed by atoms with Crippen LogP contribution in [0.25, 0.3) is 0 Å². The number of amides is 1. The smallest absolute Gasteiger partial charge is 0.409 e. The van der Waals surface area contributed by atoms with Crippen LogP contribution in [-0.2, 0) is 4.74 Å². The molecule has 0 rings (SSSR count). The van der Waals surface area contributed by atoms with E-state index in [-0.39, 0.29) is 6.09 Å². The monoisotopic (exact) mass is 506 g/mol. The van der Waals surface area contributed by atoms with Crippen molar-refractivity contribution in [3.05, 3.63) is 24.3 Å². The average molecular weight is 507 g/mol. The van der Waals surface area contributed by atoms with Crippen molar-refractivity contribution < 1.29 is 9.53 Å². The summed E-state index contributed by atoms with van der Waals surface area (Å²) in [5.41, 5.74) is 0. The van der Waals surface area contributed by atoms with Gasteiger partial charge in [0, 0.05) is 19.6 Å². The number of unbranched alkanes of at least 4 members (excludes halogenated alkanes) is 14. The molecule has 212 valence electrons. The van der Waals surface area contributed by atoms with Crippen LogP contribution in [0.1, 0.15) is 136 Å². The van der Waals surface area contributed by atoms with Gasteiger partial charge in [0.1, 0.15) is 0 Å². The summed E-state index contributed by atoms with van der Waals surface area (Å²) in [6.45, 7) is 7.67. The maximum absolute atomic E-state index is 12.6. The lowest BCUT2D eigenvalue weighted by Gasteiger charge is -2.22. The molecular formula is C32H62N2O2. The molecule has 0 aromatic heterocycles. The number of carbonyl (C=O) groups excluding carboxylic acids is 1. The number of hydrogen-bond acceptors (Lipinski definition) is 3. The molecule has 0 heterocycles. The Hall–Kier alpha value is -1.29. The van der Waals surface area contributed by atoms with Crippen molar-refractivity contribution in [2.24, 2.45) is 0 Å². The minimum absolute atomic E-state index is 0.107. The number of hydrogen-bond donors (Lipinski definition) is 0. The molecule has 0 saturated carbocycles. The molecule has 1 amide bonds. The molecule has 0 radical (unpaired) electrons. The first-order valence-electron chi connectivity index (χ1n) is 15.5. The van der Waals surface area contributed by atoms with Crippen LogP contribution in [0, 0.1) is 0 Å². The molecule has 0 aromatic carbocycles. The van der Waals surface area contributed by atoms with Crippen molar-refractivity contribution in [2.45, 2.75) is 136 Å². The molecule has 0 fully saturated rings. The van der Waals surface area contributed by atoms with Gasteiger partial charge in [0.15, 0.2) is 0 Å². The molecule has 36 heavy (non-hydrogen) atoms. The molecule has 0 aliphatic carbocycles. The van der Waals surface area contributed by atoms with Crippen molar-refractivity contribution >= 4 is 6.09 Å². The number of rotatable bonds is 26. The topological polar surface area (TPSA) is 32.8 Å². The summed E-state index contributed by atoms with van der Waals surface area (Å²) in [5.74, 6) is 0. The maximum atomic E-state index is 12.6. The highest BCUT2D eigenvalue weighted by atomic mass is 16.6. The second kappa shape index (κ2) is 28.3. The zero-order chi connectivity index (χ0) is 26.5. The van der Waals surface area contributed by atoms with Gasteiger partial charge in [0.05, 0.1) is 6.61 Å². The Bertz CT molecular complexity index is 516. The fourth-order valence-electron chi connectivity index (χ4n) is 4.30. The lowest BCUT2D eigenvalue weighted by molar-refractivity contribution is 0.0976. The normalized spacial score (nSPS) is 11.8. The largest absolute Gasteiger partial charge is 0.449 e. The van der Waals surface area contributed by atoms with E-state index in [0.29, 0.717) is 6.61 Å². The minimum atomic E-state index is -0.107. The molecule has 0 atom stereocenters. The van der Waals surface area contributed by atoms with Gasteiger partial charge >= 0.3 is 6.09 Å². The van der Waals surface area contributed by atoms with Gasteiger partial charge in [-0.15, -0.1) is 0 Å². The van der Waals surface area contributed by atoms with Gasteiger partial charge in [-0.2, -0.15) is 0 Å². The van der Waals surface area contributed by atoms with Crippen LogP contribution in [0.5, 0.6) is 0 Å². The van der Waals surface area contributed by atoms with Crippen molar-refractivity contribution in [2.75, 3.05) is 40.3 Å². The summed E-state index contributed by atoms with van der Waals surface area (Å²) in [4.78, 5) is 16.7. The Morgan fingerprint density at radius 1 is 0.583 bits per heavy atom. The average Bonchev–Trinajstić information content (AvgIpc) is 2.86. The summed E-state index contributed by atoms with van der Waals surface area (Å²) in [7, 11) is 4.11. The third-order valence-corrected chi connectivity index (χ3v) is 6.64. The van der Waals surface area contributed by atoms with Crippen LogP contribution in [0.4, 0.5) is 4.79 Å². The predicted molar refractivity (Wildman–Crippen MR) is 159 cm³/mol. The number of allylic oxidation sites excluding steroid dienone is 4. The van der Waals surface area contributed by atoms with Gasteiger partial charge < -0.3 is 14.5 Å². The number of ether oxygens (including phenoxy) is 1. The number of nitrogens with zero attached hydrogens (tertiary/aromatic N) is 2. The van der Waals surface area contributed by atoms with Crippen LogP contribution >= 0.6 is 0 Å². The third-order valence-electron chi connectivity index (χ3n) is 6.64. The predicted octanol–water partition coefficient (Wildman–Crippen LogP) is 9.55. The lowest BCUT2D eigenvalue weighted by atomic mass is 10.1. The van der Waals surface area contributed by atoms with E-state index in [1.54, 1.807) is 0 Å². The van der Waals surface area contributed by atoms with Gasteiger partial charge in [0.2, 0.25) is 0 Å². The molecule has 0 spiro atoms. The fraction of sp³-hybridized carbons (Fsp3) is 0.844. The van der Waals surface area contributed by atoms with Crippen LogP contribution in [0.15, 0.2) is 24.3 Å². The lowest BCUT2D eigenvalue weighted by Crippen LogP contribution is -2.34. The zero-order valence-electron chi connectivity index (χ0n) is 24.8. The van der Waals surface area contributed by atoms with Gasteiger partial charge in [0.25, 0.3) is 0 Å². The Balaban J connectivity index is 3.93. The van der Waals surface area contributed by atoms with Crippen molar-refractivity contribution in [1.82, 2.24) is 9.80 Å². The van der Waals surface area contributed by atoms with Crippen LogP contribution in [0.2, 0.25) is 0 Å². The van der Waals surface area contributed by atoms with Crippen LogP contribution in [-0.4, -0.2) is 56.2 Å². The highest BCUT2D eigenvalue weighted by molar-refractivity contribution is 5.67. The van der Waals surface area contributed by atoms with Crippen molar-refractivity contribution in [3.8, 4) is 0 Å². The second-order valence-electron chi connectivity index (χ2n) is 10.6. The van der Waals surface area contributed by atoms with E-state index >= 15 is 0 Å². The summed E-state index contributed by atoms with van der Waals surface area (Å²) >= 11 is 0. The minimum Gasteiger partial charge on any atom is -0.449 e. The summed E-state index contributed by atoms with van der Waals surface area (Å²) < 4.78 is 5.58. The van der Waals surface area contributed by atoms with E-state index < -0.39 is 0 Å². The van der Waals surface area contributed by atoms with E-state index in [9.17, 15) is 4.79 Å². The quantitative estimate of drug-likeness (QED) is 0.0864. The van der Waals surface area contributed by atoms with E-state index in [2.05, 4.69) is 57.1 Å². The fourth-order valence-corrected chi connectivity index (χ4v) is 4.30. The second-order valence-corrected chi connectivity index (χ2v) is 10.6. The molecule has 4 heteroatoms. The van der Waals surface area contributed by atoms with Gasteiger partial charge in [-0.1, -0.05) is 109 Å². The first kappa shape index (κ1) is 34.7. The molecule has 0 unspecified atom stereocenters. The SMILES string of the molecule is CCCCCC=CCC=CCCCCCCCCN(CCCCCCCC)C(=O)OCCCN(C)C. The van der Waals surface area contributed by atoms with Gasteiger partial charge in [-0.25, -0.2) is 4.79 Å². The Labute approximate surface area is 225 Å². The van der Waals surface area contributed by atoms with E-state index in [1.807, 2.05) is 4.90 Å². The Morgan fingerprint density at radius 2 is 1.06 bits per heavy atom. The molecule has 0 N–H and O–H groups in total. The standard InChI is InChI=1S/C32H62N2O2/c1-5-7-9-11-13-14-15-16-17-18-19-20-21-22-24-26-30-34(29-25-23-12-10-8-6-2)32(35)36-31-27-28-33(3)4/h13-14,16-17H,5-12,15,18-31H2,1-4H3. The highest BCUT2D eigenvalue weighted by Gasteiger charge is 2.14. The highest BCUT2D eigenvalue weighted by Crippen LogP contribution is 2.11. The van der Waals surface area contributed by atoms with Crippen LogP contribution in [0.3, 0.4) is 0 Å². The first-order chi connectivity index (χ1) is 17.6.